The van der Waals surface area contributed by atoms with Crippen molar-refractivity contribution in [1.82, 2.24) is 4.90 Å². The molecule has 2 aromatic rings. The molecule has 0 spiro atoms. The van der Waals surface area contributed by atoms with Crippen molar-refractivity contribution in [3.63, 3.8) is 0 Å². The minimum absolute atomic E-state index is 0.00508. The highest BCUT2D eigenvalue weighted by molar-refractivity contribution is 7.92. The summed E-state index contributed by atoms with van der Waals surface area (Å²) in [6, 6.07) is 10.7. The van der Waals surface area contributed by atoms with Crippen LogP contribution in [0.3, 0.4) is 0 Å². The summed E-state index contributed by atoms with van der Waals surface area (Å²) in [5.41, 5.74) is 0.398. The molecule has 162 valence electrons. The van der Waals surface area contributed by atoms with Gasteiger partial charge in [0.25, 0.3) is 15.9 Å². The Morgan fingerprint density at radius 2 is 1.73 bits per heavy atom. The Morgan fingerprint density at radius 3 is 2.33 bits per heavy atom. The molecule has 0 aromatic heterocycles. The van der Waals surface area contributed by atoms with Gasteiger partial charge in [0.2, 0.25) is 0 Å². The van der Waals surface area contributed by atoms with E-state index < -0.39 is 10.0 Å². The fourth-order valence-corrected chi connectivity index (χ4v) is 4.57. The van der Waals surface area contributed by atoms with E-state index in [0.717, 1.165) is 38.8 Å². The third-order valence-electron chi connectivity index (χ3n) is 4.87. The summed E-state index contributed by atoms with van der Waals surface area (Å²) < 4.78 is 38.3. The van der Waals surface area contributed by atoms with Crippen LogP contribution >= 0.6 is 11.6 Å². The number of anilines is 1. The van der Waals surface area contributed by atoms with Crippen LogP contribution < -0.4 is 14.2 Å². The van der Waals surface area contributed by atoms with Gasteiger partial charge < -0.3 is 14.4 Å². The summed E-state index contributed by atoms with van der Waals surface area (Å²) in [5.74, 6) is 0.797. The maximum absolute atomic E-state index is 12.6. The largest absolute Gasteiger partial charge is 0.497 e. The van der Waals surface area contributed by atoms with Gasteiger partial charge in [0.15, 0.2) is 6.61 Å². The van der Waals surface area contributed by atoms with Crippen molar-refractivity contribution in [3.8, 4) is 11.5 Å². The highest BCUT2D eigenvalue weighted by atomic mass is 35.5. The highest BCUT2D eigenvalue weighted by Gasteiger charge is 2.19. The molecule has 0 atom stereocenters. The number of carbonyl (C=O) groups is 1. The van der Waals surface area contributed by atoms with Gasteiger partial charge in [-0.2, -0.15) is 0 Å². The van der Waals surface area contributed by atoms with Gasteiger partial charge in [-0.25, -0.2) is 8.42 Å². The molecule has 3 rings (SSSR count). The lowest BCUT2D eigenvalue weighted by molar-refractivity contribution is -0.133. The zero-order valence-electron chi connectivity index (χ0n) is 16.8. The first-order chi connectivity index (χ1) is 14.4. The molecule has 1 heterocycles. The van der Waals surface area contributed by atoms with E-state index in [2.05, 4.69) is 4.72 Å². The van der Waals surface area contributed by atoms with Crippen molar-refractivity contribution in [3.05, 3.63) is 47.5 Å². The summed E-state index contributed by atoms with van der Waals surface area (Å²) in [7, 11) is -2.30. The number of hydrogen-bond acceptors (Lipinski definition) is 5. The maximum Gasteiger partial charge on any atom is 0.261 e. The third kappa shape index (κ3) is 5.79. The molecule has 0 bridgehead atoms. The van der Waals surface area contributed by atoms with Gasteiger partial charge in [-0.05, 0) is 55.3 Å². The van der Waals surface area contributed by atoms with Crippen LogP contribution in [-0.2, 0) is 14.8 Å². The minimum atomic E-state index is -3.83. The predicted molar refractivity (Wildman–Crippen MR) is 116 cm³/mol. The molecular weight excluding hydrogens is 428 g/mol. The fraction of sp³-hybridized carbons (Fsp3) is 0.381. The molecule has 1 saturated heterocycles. The fourth-order valence-electron chi connectivity index (χ4n) is 3.19. The van der Waals surface area contributed by atoms with E-state index in [1.165, 1.54) is 25.3 Å². The molecular formula is C21H25ClN2O5S. The van der Waals surface area contributed by atoms with Crippen molar-refractivity contribution in [2.24, 2.45) is 0 Å². The smallest absolute Gasteiger partial charge is 0.261 e. The van der Waals surface area contributed by atoms with Crippen molar-refractivity contribution >= 4 is 33.2 Å². The van der Waals surface area contributed by atoms with Crippen LogP contribution in [0.2, 0.25) is 5.02 Å². The number of amides is 1. The van der Waals surface area contributed by atoms with Crippen LogP contribution in [0.1, 0.15) is 25.7 Å². The number of nitrogens with one attached hydrogen (secondary N) is 1. The quantitative estimate of drug-likeness (QED) is 0.688. The Bertz CT molecular complexity index is 971. The number of sulfonamides is 1. The molecule has 9 heteroatoms. The van der Waals surface area contributed by atoms with Gasteiger partial charge >= 0.3 is 0 Å². The van der Waals surface area contributed by atoms with Gasteiger partial charge in [0.05, 0.1) is 17.0 Å². The van der Waals surface area contributed by atoms with E-state index in [9.17, 15) is 13.2 Å². The van der Waals surface area contributed by atoms with E-state index >= 15 is 0 Å². The van der Waals surface area contributed by atoms with E-state index in [4.69, 9.17) is 21.1 Å². The van der Waals surface area contributed by atoms with Crippen LogP contribution in [0.5, 0.6) is 11.5 Å². The maximum atomic E-state index is 12.6. The summed E-state index contributed by atoms with van der Waals surface area (Å²) >= 11 is 6.21. The first-order valence-corrected chi connectivity index (χ1v) is 11.6. The Labute approximate surface area is 182 Å². The van der Waals surface area contributed by atoms with Gasteiger partial charge in [0.1, 0.15) is 11.5 Å². The average molecular weight is 453 g/mol. The molecule has 0 unspecified atom stereocenters. The standard InChI is InChI=1S/C21H25ClN2O5S/c1-28-17-8-6-16(7-9-17)23-30(26,27)18-10-11-20(19(22)14-18)29-15-21(25)24-12-4-2-3-5-13-24/h6-11,14,23H,2-5,12-13,15H2,1H3. The lowest BCUT2D eigenvalue weighted by Gasteiger charge is -2.20. The number of rotatable bonds is 7. The number of likely N-dealkylation sites (tertiary alicyclic amines) is 1. The number of halogens is 1. The van der Waals surface area contributed by atoms with E-state index in [1.54, 1.807) is 29.2 Å². The molecule has 1 fully saturated rings. The highest BCUT2D eigenvalue weighted by Crippen LogP contribution is 2.28. The summed E-state index contributed by atoms with van der Waals surface area (Å²) in [6.45, 7) is 1.35. The van der Waals surface area contributed by atoms with Gasteiger partial charge in [-0.15, -0.1) is 0 Å². The molecule has 7 nitrogen and oxygen atoms in total. The Kier molecular flexibility index (Phi) is 7.44. The average Bonchev–Trinajstić information content (AvgIpc) is 3.02. The Morgan fingerprint density at radius 1 is 1.07 bits per heavy atom. The SMILES string of the molecule is COc1ccc(NS(=O)(=O)c2ccc(OCC(=O)N3CCCCCC3)c(Cl)c2)cc1. The zero-order valence-corrected chi connectivity index (χ0v) is 18.3. The number of benzene rings is 2. The van der Waals surface area contributed by atoms with Gasteiger partial charge in [-0.1, -0.05) is 24.4 Å². The molecule has 2 aromatic carbocycles. The number of methoxy groups -OCH3 is 1. The predicted octanol–water partition coefficient (Wildman–Crippen LogP) is 3.93. The lowest BCUT2D eigenvalue weighted by Crippen LogP contribution is -2.35. The third-order valence-corrected chi connectivity index (χ3v) is 6.54. The van der Waals surface area contributed by atoms with Crippen LogP contribution in [0.25, 0.3) is 0 Å². The summed E-state index contributed by atoms with van der Waals surface area (Å²) in [4.78, 5) is 14.2. The summed E-state index contributed by atoms with van der Waals surface area (Å²) in [5, 5.41) is 0.122. The van der Waals surface area contributed by atoms with Crippen molar-refractivity contribution < 1.29 is 22.7 Å². The van der Waals surface area contributed by atoms with Crippen molar-refractivity contribution in [2.45, 2.75) is 30.6 Å². The first kappa shape index (κ1) is 22.2. The number of ether oxygens (including phenoxy) is 2. The normalized spacial score (nSPS) is 14.7. The Hall–Kier alpha value is -2.45. The van der Waals surface area contributed by atoms with Crippen molar-refractivity contribution in [1.29, 1.82) is 0 Å². The number of nitrogens with zero attached hydrogens (tertiary/aromatic N) is 1. The molecule has 0 radical (unpaired) electrons. The molecule has 1 aliphatic heterocycles. The van der Waals surface area contributed by atoms with E-state index in [-0.39, 0.29) is 28.2 Å². The van der Waals surface area contributed by atoms with Gasteiger partial charge in [0, 0.05) is 18.8 Å². The number of hydrogen-bond donors (Lipinski definition) is 1. The molecule has 1 N–H and O–H groups in total. The molecule has 0 aliphatic carbocycles. The van der Waals surface area contributed by atoms with Crippen molar-refractivity contribution in [2.75, 3.05) is 31.5 Å². The second-order valence-electron chi connectivity index (χ2n) is 7.01. The van der Waals surface area contributed by atoms with Crippen LogP contribution in [-0.4, -0.2) is 46.0 Å². The first-order valence-electron chi connectivity index (χ1n) is 9.76. The molecule has 1 amide bonds. The molecule has 1 aliphatic rings. The van der Waals surface area contributed by atoms with E-state index in [0.29, 0.717) is 11.4 Å². The Balaban J connectivity index is 1.64. The zero-order chi connectivity index (χ0) is 21.6. The van der Waals surface area contributed by atoms with Crippen LogP contribution in [0.15, 0.2) is 47.4 Å². The topological polar surface area (TPSA) is 84.9 Å². The lowest BCUT2D eigenvalue weighted by atomic mass is 10.2. The van der Waals surface area contributed by atoms with Gasteiger partial charge in [-0.3, -0.25) is 9.52 Å². The molecule has 0 saturated carbocycles. The second kappa shape index (κ2) is 10.0. The number of carbonyl (C=O) groups excluding carboxylic acids is 1. The monoisotopic (exact) mass is 452 g/mol. The summed E-state index contributed by atoms with van der Waals surface area (Å²) in [6.07, 6.45) is 4.27. The van der Waals surface area contributed by atoms with Crippen LogP contribution in [0, 0.1) is 0 Å². The second-order valence-corrected chi connectivity index (χ2v) is 9.10. The molecule has 30 heavy (non-hydrogen) atoms. The van der Waals surface area contributed by atoms with E-state index in [1.807, 2.05) is 0 Å². The van der Waals surface area contributed by atoms with Crippen LogP contribution in [0.4, 0.5) is 5.69 Å². The minimum Gasteiger partial charge on any atom is -0.497 e.